The summed E-state index contributed by atoms with van der Waals surface area (Å²) in [7, 11) is 0. The van der Waals surface area contributed by atoms with Gasteiger partial charge in [0.15, 0.2) is 5.82 Å². The van der Waals surface area contributed by atoms with E-state index in [9.17, 15) is 9.59 Å². The number of rotatable bonds is 8. The Morgan fingerprint density at radius 2 is 2.03 bits per heavy atom. The summed E-state index contributed by atoms with van der Waals surface area (Å²) >= 11 is 6.39. The monoisotopic (exact) mass is 486 g/mol. The van der Waals surface area contributed by atoms with E-state index >= 15 is 0 Å². The maximum absolute atomic E-state index is 12.1. The minimum absolute atomic E-state index is 0.0283. The summed E-state index contributed by atoms with van der Waals surface area (Å²) in [6.07, 6.45) is 7.17. The quantitative estimate of drug-likeness (QED) is 0.447. The second kappa shape index (κ2) is 11.0. The fourth-order valence-corrected chi connectivity index (χ4v) is 4.40. The van der Waals surface area contributed by atoms with E-state index in [4.69, 9.17) is 16.7 Å². The summed E-state index contributed by atoms with van der Waals surface area (Å²) in [4.78, 5) is 34.5. The van der Waals surface area contributed by atoms with Crippen LogP contribution in [0.5, 0.6) is 0 Å². The predicted octanol–water partition coefficient (Wildman–Crippen LogP) is 3.88. The lowest BCUT2D eigenvalue weighted by molar-refractivity contribution is -0.135. The first-order valence-corrected chi connectivity index (χ1v) is 12.2. The zero-order valence-electron chi connectivity index (χ0n) is 19.3. The number of aliphatic hydroxyl groups excluding tert-OH is 1. The number of halogens is 1. The van der Waals surface area contributed by atoms with Gasteiger partial charge in [0.05, 0.1) is 17.6 Å². The molecule has 1 aliphatic carbocycles. The van der Waals surface area contributed by atoms with Crippen molar-refractivity contribution in [1.82, 2.24) is 14.9 Å². The summed E-state index contributed by atoms with van der Waals surface area (Å²) in [5.41, 5.74) is 2.62. The van der Waals surface area contributed by atoms with Gasteiger partial charge in [0, 0.05) is 25.6 Å². The van der Waals surface area contributed by atoms with Gasteiger partial charge < -0.3 is 26.0 Å². The highest BCUT2D eigenvalue weighted by Crippen LogP contribution is 2.39. The minimum atomic E-state index is -0.491. The molecule has 1 aliphatic heterocycles. The molecule has 2 heterocycles. The molecule has 34 heavy (non-hydrogen) atoms. The molecule has 2 amide bonds. The highest BCUT2D eigenvalue weighted by Gasteiger charge is 2.24. The standard InChI is InChI=1S/C24H31ClN6O3/c1-2-21(33)28-20-11-16(15-5-3-6-15)8-9-19(20)29-23-18(25)12-26-24(30-23)27-17-7-4-10-31(13-17)22(34)14-32/h8-9,11-12,15,17,32H,2-7,10,13-14H2,1H3,(H,28,33)(H2,26,27,29,30)/t17-/m0/s1. The van der Waals surface area contributed by atoms with E-state index in [1.54, 1.807) is 4.90 Å². The number of aromatic nitrogens is 2. The molecule has 2 aromatic rings. The second-order valence-electron chi connectivity index (χ2n) is 8.83. The lowest BCUT2D eigenvalue weighted by Crippen LogP contribution is -2.46. The Kier molecular flexibility index (Phi) is 7.84. The Bertz CT molecular complexity index is 1050. The number of amides is 2. The van der Waals surface area contributed by atoms with E-state index in [0.717, 1.165) is 12.8 Å². The number of nitrogens with one attached hydrogen (secondary N) is 3. The smallest absolute Gasteiger partial charge is 0.248 e. The molecule has 1 saturated carbocycles. The minimum Gasteiger partial charge on any atom is -0.387 e. The molecule has 4 rings (SSSR count). The molecule has 0 bridgehead atoms. The van der Waals surface area contributed by atoms with Gasteiger partial charge in [0.2, 0.25) is 17.8 Å². The second-order valence-corrected chi connectivity index (χ2v) is 9.24. The normalized spacial score (nSPS) is 18.2. The average molecular weight is 487 g/mol. The molecule has 1 aromatic carbocycles. The van der Waals surface area contributed by atoms with Crippen LogP contribution in [0, 0.1) is 0 Å². The van der Waals surface area contributed by atoms with Crippen LogP contribution >= 0.6 is 11.6 Å². The largest absolute Gasteiger partial charge is 0.387 e. The predicted molar refractivity (Wildman–Crippen MR) is 133 cm³/mol. The van der Waals surface area contributed by atoms with E-state index in [2.05, 4.69) is 32.0 Å². The van der Waals surface area contributed by atoms with Gasteiger partial charge in [0.1, 0.15) is 11.6 Å². The van der Waals surface area contributed by atoms with Crippen molar-refractivity contribution in [3.05, 3.63) is 35.0 Å². The SMILES string of the molecule is CCC(=O)Nc1cc(C2CCC2)ccc1Nc1nc(N[C@H]2CCCN(C(=O)CO)C2)ncc1Cl. The number of hydrogen-bond donors (Lipinski definition) is 4. The molecule has 4 N–H and O–H groups in total. The van der Waals surface area contributed by atoms with Crippen molar-refractivity contribution >= 4 is 46.6 Å². The third-order valence-corrected chi connectivity index (χ3v) is 6.73. The van der Waals surface area contributed by atoms with Gasteiger partial charge in [0.25, 0.3) is 0 Å². The van der Waals surface area contributed by atoms with E-state index in [1.807, 2.05) is 19.1 Å². The van der Waals surface area contributed by atoms with Crippen molar-refractivity contribution in [1.29, 1.82) is 0 Å². The van der Waals surface area contributed by atoms with Gasteiger partial charge in [-0.2, -0.15) is 4.98 Å². The van der Waals surface area contributed by atoms with Gasteiger partial charge in [-0.15, -0.1) is 0 Å². The van der Waals surface area contributed by atoms with Crippen molar-refractivity contribution in [2.75, 3.05) is 35.6 Å². The van der Waals surface area contributed by atoms with Crippen LogP contribution in [0.1, 0.15) is 56.9 Å². The lowest BCUT2D eigenvalue weighted by atomic mass is 9.80. The maximum Gasteiger partial charge on any atom is 0.248 e. The van der Waals surface area contributed by atoms with E-state index in [1.165, 1.54) is 31.0 Å². The van der Waals surface area contributed by atoms with Gasteiger partial charge in [-0.05, 0) is 49.3 Å². The summed E-state index contributed by atoms with van der Waals surface area (Å²) < 4.78 is 0. The number of benzene rings is 1. The number of nitrogens with zero attached hydrogens (tertiary/aromatic N) is 3. The van der Waals surface area contributed by atoms with Crippen LogP contribution in [0.3, 0.4) is 0 Å². The fraction of sp³-hybridized carbons (Fsp3) is 0.500. The van der Waals surface area contributed by atoms with Crippen molar-refractivity contribution in [2.24, 2.45) is 0 Å². The Morgan fingerprint density at radius 1 is 1.21 bits per heavy atom. The first kappa shape index (κ1) is 24.2. The van der Waals surface area contributed by atoms with Gasteiger partial charge in [-0.1, -0.05) is 31.0 Å². The maximum atomic E-state index is 12.1. The molecule has 1 saturated heterocycles. The fourth-order valence-electron chi connectivity index (χ4n) is 4.26. The average Bonchev–Trinajstić information content (AvgIpc) is 2.81. The topological polar surface area (TPSA) is 119 Å². The molecule has 182 valence electrons. The molecule has 2 aliphatic rings. The van der Waals surface area contributed by atoms with Gasteiger partial charge in [-0.25, -0.2) is 4.98 Å². The number of piperidine rings is 1. The van der Waals surface area contributed by atoms with Crippen molar-refractivity contribution in [3.63, 3.8) is 0 Å². The van der Waals surface area contributed by atoms with E-state index in [-0.39, 0.29) is 17.9 Å². The van der Waals surface area contributed by atoms with Crippen molar-refractivity contribution < 1.29 is 14.7 Å². The Hall–Kier alpha value is -2.91. The zero-order valence-corrected chi connectivity index (χ0v) is 20.1. The number of hydrogen-bond acceptors (Lipinski definition) is 7. The molecular weight excluding hydrogens is 456 g/mol. The van der Waals surface area contributed by atoms with E-state index in [0.29, 0.717) is 53.6 Å². The lowest BCUT2D eigenvalue weighted by Gasteiger charge is -2.32. The molecule has 10 heteroatoms. The third-order valence-electron chi connectivity index (χ3n) is 6.46. The number of carbonyl (C=O) groups is 2. The molecule has 9 nitrogen and oxygen atoms in total. The van der Waals surface area contributed by atoms with E-state index < -0.39 is 6.61 Å². The summed E-state index contributed by atoms with van der Waals surface area (Å²) in [5, 5.41) is 19.0. The summed E-state index contributed by atoms with van der Waals surface area (Å²) in [5.74, 6) is 1.00. The first-order valence-electron chi connectivity index (χ1n) is 11.8. The number of aliphatic hydroxyl groups is 1. The number of carbonyl (C=O) groups excluding carboxylic acids is 2. The molecule has 0 spiro atoms. The van der Waals surface area contributed by atoms with Crippen LogP contribution in [-0.2, 0) is 9.59 Å². The van der Waals surface area contributed by atoms with Crippen LogP contribution in [0.15, 0.2) is 24.4 Å². The zero-order chi connectivity index (χ0) is 24.1. The number of anilines is 4. The highest BCUT2D eigenvalue weighted by atomic mass is 35.5. The van der Waals surface area contributed by atoms with Crippen LogP contribution < -0.4 is 16.0 Å². The van der Waals surface area contributed by atoms with Gasteiger partial charge >= 0.3 is 0 Å². The Morgan fingerprint density at radius 3 is 2.74 bits per heavy atom. The Balaban J connectivity index is 1.51. The molecule has 1 aromatic heterocycles. The highest BCUT2D eigenvalue weighted by molar-refractivity contribution is 6.33. The Labute approximate surface area is 204 Å². The first-order chi connectivity index (χ1) is 16.5. The van der Waals surface area contributed by atoms with Crippen molar-refractivity contribution in [3.8, 4) is 0 Å². The summed E-state index contributed by atoms with van der Waals surface area (Å²) in [6, 6.07) is 6.03. The van der Waals surface area contributed by atoms with Gasteiger partial charge in [-0.3, -0.25) is 9.59 Å². The molecule has 0 unspecified atom stereocenters. The van der Waals surface area contributed by atoms with Crippen molar-refractivity contribution in [2.45, 2.75) is 57.4 Å². The van der Waals surface area contributed by atoms with Crippen LogP contribution in [0.2, 0.25) is 5.02 Å². The third kappa shape index (κ3) is 5.77. The number of likely N-dealkylation sites (tertiary alicyclic amines) is 1. The van der Waals surface area contributed by atoms with Crippen LogP contribution in [0.4, 0.5) is 23.1 Å². The molecule has 0 radical (unpaired) electrons. The molecular formula is C24H31ClN6O3. The van der Waals surface area contributed by atoms with Crippen LogP contribution in [-0.4, -0.2) is 57.5 Å². The summed E-state index contributed by atoms with van der Waals surface area (Å²) in [6.45, 7) is 2.44. The van der Waals surface area contributed by atoms with Crippen LogP contribution in [0.25, 0.3) is 0 Å². The molecule has 1 atom stereocenters. The molecule has 2 fully saturated rings.